The van der Waals surface area contributed by atoms with Crippen molar-refractivity contribution in [2.75, 3.05) is 0 Å². The van der Waals surface area contributed by atoms with Crippen LogP contribution in [-0.4, -0.2) is 19.7 Å². The first-order chi connectivity index (χ1) is 14.6. The summed E-state index contributed by atoms with van der Waals surface area (Å²) >= 11 is 3.08. The van der Waals surface area contributed by atoms with Crippen molar-refractivity contribution in [3.63, 3.8) is 0 Å². The molecule has 0 fully saturated rings. The summed E-state index contributed by atoms with van der Waals surface area (Å²) in [6.07, 6.45) is 3.99. The van der Waals surface area contributed by atoms with Gasteiger partial charge in [0, 0.05) is 17.0 Å². The quantitative estimate of drug-likeness (QED) is 0.314. The molecule has 0 spiro atoms. The maximum Gasteiger partial charge on any atom is 0.263 e. The van der Waals surface area contributed by atoms with E-state index in [1.54, 1.807) is 28.0 Å². The van der Waals surface area contributed by atoms with E-state index in [9.17, 15) is 9.18 Å². The van der Waals surface area contributed by atoms with E-state index < -0.39 is 0 Å². The molecule has 0 saturated heterocycles. The first-order valence-electron chi connectivity index (χ1n) is 9.90. The zero-order chi connectivity index (χ0) is 20.7. The Kier molecular flexibility index (Phi) is 5.16. The molecule has 1 aliphatic rings. The summed E-state index contributed by atoms with van der Waals surface area (Å²) in [6, 6.07) is 5.91. The third kappa shape index (κ3) is 3.45. The molecule has 0 saturated carbocycles. The van der Waals surface area contributed by atoms with Gasteiger partial charge in [-0.3, -0.25) is 9.36 Å². The van der Waals surface area contributed by atoms with E-state index in [2.05, 4.69) is 17.1 Å². The number of aryl methyl sites for hydroxylation is 2. The van der Waals surface area contributed by atoms with E-state index in [-0.39, 0.29) is 11.4 Å². The van der Waals surface area contributed by atoms with Gasteiger partial charge in [0.05, 0.1) is 11.1 Å². The fraction of sp³-hybridized carbons (Fsp3) is 0.333. The van der Waals surface area contributed by atoms with Crippen LogP contribution in [0.3, 0.4) is 0 Å². The highest BCUT2D eigenvalue weighted by molar-refractivity contribution is 7.98. The maximum absolute atomic E-state index is 13.2. The van der Waals surface area contributed by atoms with Gasteiger partial charge in [0.2, 0.25) is 0 Å². The summed E-state index contributed by atoms with van der Waals surface area (Å²) < 4.78 is 20.2. The lowest BCUT2D eigenvalue weighted by Gasteiger charge is -2.10. The van der Waals surface area contributed by atoms with Crippen molar-refractivity contribution in [3.8, 4) is 11.5 Å². The highest BCUT2D eigenvalue weighted by Gasteiger charge is 2.23. The topological polar surface area (TPSA) is 73.8 Å². The van der Waals surface area contributed by atoms with E-state index in [0.29, 0.717) is 34.7 Å². The van der Waals surface area contributed by atoms with Gasteiger partial charge >= 0.3 is 0 Å². The molecule has 6 nitrogen and oxygen atoms in total. The van der Waals surface area contributed by atoms with Crippen molar-refractivity contribution < 1.29 is 8.91 Å². The number of hydrogen-bond acceptors (Lipinski definition) is 7. The molecule has 0 bridgehead atoms. The van der Waals surface area contributed by atoms with E-state index in [1.807, 2.05) is 0 Å². The lowest BCUT2D eigenvalue weighted by molar-refractivity contribution is 0.425. The monoisotopic (exact) mass is 442 g/mol. The second-order valence-electron chi connectivity index (χ2n) is 7.20. The van der Waals surface area contributed by atoms with Crippen LogP contribution < -0.4 is 5.56 Å². The molecular formula is C21H19FN4O2S2. The number of nitrogens with zero attached hydrogens (tertiary/aromatic N) is 4. The fourth-order valence-corrected chi connectivity index (χ4v) is 5.91. The van der Waals surface area contributed by atoms with Crippen LogP contribution in [0.15, 0.2) is 38.7 Å². The third-order valence-electron chi connectivity index (χ3n) is 5.13. The lowest BCUT2D eigenvalue weighted by Crippen LogP contribution is -2.23. The lowest BCUT2D eigenvalue weighted by atomic mass is 10.2. The Hall–Kier alpha value is -2.52. The highest BCUT2D eigenvalue weighted by Crippen LogP contribution is 2.36. The van der Waals surface area contributed by atoms with Gasteiger partial charge in [-0.2, -0.15) is 4.98 Å². The fourth-order valence-electron chi connectivity index (χ4n) is 3.74. The van der Waals surface area contributed by atoms with Crippen molar-refractivity contribution in [1.29, 1.82) is 0 Å². The van der Waals surface area contributed by atoms with Crippen LogP contribution in [0.25, 0.3) is 21.7 Å². The molecule has 0 atom stereocenters. The first kappa shape index (κ1) is 19.4. The second-order valence-corrected chi connectivity index (χ2v) is 9.23. The third-order valence-corrected chi connectivity index (χ3v) is 7.28. The van der Waals surface area contributed by atoms with Crippen LogP contribution in [0.2, 0.25) is 0 Å². The molecule has 0 radical (unpaired) electrons. The largest absolute Gasteiger partial charge is 0.334 e. The van der Waals surface area contributed by atoms with Gasteiger partial charge in [0.1, 0.15) is 10.6 Å². The molecule has 1 aromatic carbocycles. The summed E-state index contributed by atoms with van der Waals surface area (Å²) in [6.45, 7) is 2.68. The van der Waals surface area contributed by atoms with Crippen molar-refractivity contribution >= 4 is 33.3 Å². The molecule has 3 aromatic heterocycles. The molecule has 5 rings (SSSR count). The highest BCUT2D eigenvalue weighted by atomic mass is 32.2. The maximum atomic E-state index is 13.2. The Morgan fingerprint density at radius 3 is 2.87 bits per heavy atom. The van der Waals surface area contributed by atoms with Crippen molar-refractivity contribution in [2.24, 2.45) is 0 Å². The minimum atomic E-state index is -0.316. The molecular weight excluding hydrogens is 423 g/mol. The predicted octanol–water partition coefficient (Wildman–Crippen LogP) is 4.84. The molecule has 0 aliphatic heterocycles. The van der Waals surface area contributed by atoms with Crippen LogP contribution in [0.1, 0.15) is 36.0 Å². The van der Waals surface area contributed by atoms with Gasteiger partial charge in [-0.15, -0.1) is 11.3 Å². The summed E-state index contributed by atoms with van der Waals surface area (Å²) in [7, 11) is 0. The minimum Gasteiger partial charge on any atom is -0.334 e. The molecule has 0 N–H and O–H groups in total. The molecule has 0 unspecified atom stereocenters. The summed E-state index contributed by atoms with van der Waals surface area (Å²) in [5, 5.41) is 5.51. The average Bonchev–Trinajstić information content (AvgIpc) is 3.45. The molecule has 3 heterocycles. The normalized spacial score (nSPS) is 13.3. The Morgan fingerprint density at radius 2 is 2.07 bits per heavy atom. The van der Waals surface area contributed by atoms with Crippen LogP contribution in [0.4, 0.5) is 4.39 Å². The number of rotatable bonds is 6. The van der Waals surface area contributed by atoms with Crippen LogP contribution >= 0.6 is 23.1 Å². The van der Waals surface area contributed by atoms with E-state index >= 15 is 0 Å². The van der Waals surface area contributed by atoms with Gasteiger partial charge in [-0.05, 0) is 55.5 Å². The van der Waals surface area contributed by atoms with Gasteiger partial charge in [-0.25, -0.2) is 9.37 Å². The van der Waals surface area contributed by atoms with Crippen LogP contribution in [0, 0.1) is 5.82 Å². The Labute approximate surface area is 180 Å². The number of fused-ring (bicyclic) bond motifs is 3. The standard InChI is InChI=1S/C21H19FN4O2S2/c1-2-10-26-20(27)17-14-4-3-5-15(14)30-19(17)24-21(26)29-11-16-23-18(28-25-16)12-6-8-13(22)9-7-12/h6-9H,2-5,10-11H2,1H3. The van der Waals surface area contributed by atoms with Gasteiger partial charge in [-0.1, -0.05) is 23.8 Å². The summed E-state index contributed by atoms with van der Waals surface area (Å²) in [4.78, 5) is 24.6. The number of benzene rings is 1. The van der Waals surface area contributed by atoms with E-state index in [4.69, 9.17) is 9.51 Å². The smallest absolute Gasteiger partial charge is 0.263 e. The molecule has 9 heteroatoms. The van der Waals surface area contributed by atoms with Gasteiger partial charge in [0.25, 0.3) is 11.4 Å². The number of aromatic nitrogens is 4. The van der Waals surface area contributed by atoms with Crippen molar-refractivity contribution in [1.82, 2.24) is 19.7 Å². The predicted molar refractivity (Wildman–Crippen MR) is 115 cm³/mol. The SMILES string of the molecule is CCCn1c(SCc2noc(-c3ccc(F)cc3)n2)nc2sc3c(c2c1=O)CCC3. The molecule has 30 heavy (non-hydrogen) atoms. The van der Waals surface area contributed by atoms with Gasteiger partial charge in [0.15, 0.2) is 11.0 Å². The summed E-state index contributed by atoms with van der Waals surface area (Å²) in [5.41, 5.74) is 1.93. The zero-order valence-electron chi connectivity index (χ0n) is 16.4. The number of thiophene rings is 1. The van der Waals surface area contributed by atoms with Crippen molar-refractivity contribution in [3.05, 3.63) is 56.7 Å². The van der Waals surface area contributed by atoms with E-state index in [1.165, 1.54) is 34.3 Å². The van der Waals surface area contributed by atoms with E-state index in [0.717, 1.165) is 35.9 Å². The Bertz CT molecular complexity index is 1280. The Morgan fingerprint density at radius 1 is 1.23 bits per heavy atom. The molecule has 1 aliphatic carbocycles. The number of halogens is 1. The number of hydrogen-bond donors (Lipinski definition) is 0. The first-order valence-corrected chi connectivity index (χ1v) is 11.7. The molecule has 154 valence electrons. The summed E-state index contributed by atoms with van der Waals surface area (Å²) in [5.74, 6) is 0.959. The zero-order valence-corrected chi connectivity index (χ0v) is 18.0. The number of thioether (sulfide) groups is 1. The molecule has 0 amide bonds. The van der Waals surface area contributed by atoms with Crippen LogP contribution in [0.5, 0.6) is 0 Å². The van der Waals surface area contributed by atoms with Crippen molar-refractivity contribution in [2.45, 2.75) is 50.1 Å². The molecule has 4 aromatic rings. The minimum absolute atomic E-state index is 0.0591. The average molecular weight is 443 g/mol. The van der Waals surface area contributed by atoms with Crippen LogP contribution in [-0.2, 0) is 25.1 Å². The second kappa shape index (κ2) is 7.96. The Balaban J connectivity index is 1.43. The van der Waals surface area contributed by atoms with Gasteiger partial charge < -0.3 is 4.52 Å².